The zero-order chi connectivity index (χ0) is 19.5. The molecule has 9 nitrogen and oxygen atoms in total. The average molecular weight is 418 g/mol. The van der Waals surface area contributed by atoms with Crippen LogP contribution in [0.25, 0.3) is 0 Å². The third-order valence-electron chi connectivity index (χ3n) is 3.72. The maximum Gasteiger partial charge on any atom is 0.277 e. The van der Waals surface area contributed by atoms with Crippen molar-refractivity contribution in [2.75, 3.05) is 17.7 Å². The second-order valence-corrected chi connectivity index (χ2v) is 7.48. The molecule has 3 N–H and O–H groups in total. The fourth-order valence-corrected chi connectivity index (χ4v) is 3.82. The molecule has 1 atom stereocenters. The summed E-state index contributed by atoms with van der Waals surface area (Å²) in [4.78, 5) is 23.4. The lowest BCUT2D eigenvalue weighted by Gasteiger charge is -2.23. The van der Waals surface area contributed by atoms with Crippen LogP contribution in [0.2, 0.25) is 0 Å². The number of aromatic nitrogens is 2. The Hall–Kier alpha value is -3.05. The molecule has 0 aliphatic carbocycles. The summed E-state index contributed by atoms with van der Waals surface area (Å²) in [5.74, 6) is 0.650. The fourth-order valence-electron chi connectivity index (χ4n) is 2.44. The van der Waals surface area contributed by atoms with Crippen molar-refractivity contribution in [3.63, 3.8) is 0 Å². The molecule has 0 bridgehead atoms. The topological polar surface area (TPSA) is 130 Å². The van der Waals surface area contributed by atoms with Crippen LogP contribution in [0, 0.1) is 0 Å². The minimum absolute atomic E-state index is 0.0303. The van der Waals surface area contributed by atoms with E-state index in [0.717, 1.165) is 11.8 Å². The minimum atomic E-state index is -0.595. The quantitative estimate of drug-likeness (QED) is 0.584. The van der Waals surface area contributed by atoms with Gasteiger partial charge in [0.05, 0.1) is 11.3 Å². The van der Waals surface area contributed by atoms with Crippen LogP contribution in [0.5, 0.6) is 11.5 Å². The van der Waals surface area contributed by atoms with E-state index >= 15 is 0 Å². The van der Waals surface area contributed by atoms with Gasteiger partial charge >= 0.3 is 0 Å². The van der Waals surface area contributed by atoms with E-state index in [9.17, 15) is 9.59 Å². The number of fused-ring (bicyclic) bond motifs is 1. The van der Waals surface area contributed by atoms with Crippen molar-refractivity contribution in [1.29, 1.82) is 0 Å². The summed E-state index contributed by atoms with van der Waals surface area (Å²) < 4.78 is 17.0. The van der Waals surface area contributed by atoms with Crippen molar-refractivity contribution in [3.05, 3.63) is 47.2 Å². The number of nitrogens with zero attached hydrogens (tertiary/aromatic N) is 2. The minimum Gasteiger partial charge on any atom is -0.485 e. The van der Waals surface area contributed by atoms with E-state index in [0.29, 0.717) is 16.5 Å². The monoisotopic (exact) mass is 418 g/mol. The largest absolute Gasteiger partial charge is 0.485 e. The number of carbonyl (C=O) groups is 2. The van der Waals surface area contributed by atoms with Gasteiger partial charge < -0.3 is 24.9 Å². The first kappa shape index (κ1) is 18.3. The van der Waals surface area contributed by atoms with E-state index in [4.69, 9.17) is 19.6 Å². The van der Waals surface area contributed by atoms with Crippen molar-refractivity contribution in [2.45, 2.75) is 11.3 Å². The molecule has 1 unspecified atom stereocenters. The summed E-state index contributed by atoms with van der Waals surface area (Å²) in [6.45, 7) is 0.248. The number of anilines is 1. The Kier molecular flexibility index (Phi) is 5.17. The Morgan fingerprint density at radius 2 is 2.07 bits per heavy atom. The normalized spacial score (nSPS) is 15.2. The summed E-state index contributed by atoms with van der Waals surface area (Å²) in [6, 6.07) is 8.87. The van der Waals surface area contributed by atoms with Crippen LogP contribution >= 0.6 is 23.1 Å². The number of primary amides is 1. The molecule has 0 radical (unpaired) electrons. The van der Waals surface area contributed by atoms with E-state index in [1.54, 1.807) is 17.5 Å². The molecule has 1 aromatic carbocycles. The predicted molar refractivity (Wildman–Crippen MR) is 102 cm³/mol. The Balaban J connectivity index is 1.33. The second-order valence-electron chi connectivity index (χ2n) is 5.63. The van der Waals surface area contributed by atoms with Crippen molar-refractivity contribution >= 4 is 39.9 Å². The molecule has 3 heterocycles. The van der Waals surface area contributed by atoms with Crippen LogP contribution in [0.1, 0.15) is 22.4 Å². The number of benzene rings is 1. The highest BCUT2D eigenvalue weighted by atomic mass is 32.2. The summed E-state index contributed by atoms with van der Waals surface area (Å²) >= 11 is 2.30. The van der Waals surface area contributed by atoms with Crippen LogP contribution in [-0.4, -0.2) is 34.4 Å². The van der Waals surface area contributed by atoms with Gasteiger partial charge in [0.15, 0.2) is 11.5 Å². The molecule has 0 saturated carbocycles. The summed E-state index contributed by atoms with van der Waals surface area (Å²) in [5, 5.41) is 12.9. The average Bonchev–Trinajstić information content (AvgIpc) is 3.35. The van der Waals surface area contributed by atoms with Gasteiger partial charge in [-0.3, -0.25) is 9.59 Å². The number of carbonyl (C=O) groups excluding carboxylic acids is 2. The number of thiophene rings is 1. The zero-order valence-corrected chi connectivity index (χ0v) is 15.9. The van der Waals surface area contributed by atoms with Gasteiger partial charge in [-0.2, -0.15) is 0 Å². The smallest absolute Gasteiger partial charge is 0.277 e. The van der Waals surface area contributed by atoms with Crippen molar-refractivity contribution < 1.29 is 23.5 Å². The van der Waals surface area contributed by atoms with E-state index in [1.807, 2.05) is 18.2 Å². The number of thioether (sulfide) groups is 1. The molecule has 4 rings (SSSR count). The van der Waals surface area contributed by atoms with Gasteiger partial charge in [0, 0.05) is 0 Å². The van der Waals surface area contributed by atoms with E-state index in [2.05, 4.69) is 15.5 Å². The Morgan fingerprint density at radius 3 is 2.89 bits per heavy atom. The number of ether oxygens (including phenoxy) is 2. The highest BCUT2D eigenvalue weighted by Crippen LogP contribution is 2.36. The van der Waals surface area contributed by atoms with Crippen LogP contribution in [-0.2, 0) is 4.79 Å². The summed E-state index contributed by atoms with van der Waals surface area (Å²) in [5.41, 5.74) is 5.54. The molecular formula is C17H14N4O5S2. The standard InChI is InChI=1S/C17H14N4O5S2/c18-14(23)9-5-6-27-16(9)19-13(22)8-28-17-21-20-15(26-17)12-7-24-10-3-1-2-4-11(10)25-12/h1-6,12H,7-8H2,(H2,18,23)(H,19,22). The highest BCUT2D eigenvalue weighted by Gasteiger charge is 2.27. The third-order valence-corrected chi connectivity index (χ3v) is 5.36. The van der Waals surface area contributed by atoms with Gasteiger partial charge in [0.1, 0.15) is 11.6 Å². The lowest BCUT2D eigenvalue weighted by atomic mass is 10.2. The van der Waals surface area contributed by atoms with Gasteiger partial charge in [-0.05, 0) is 23.6 Å². The number of nitrogens with two attached hydrogens (primary N) is 1. The summed E-state index contributed by atoms with van der Waals surface area (Å²) in [6.07, 6.45) is -0.519. The first-order chi connectivity index (χ1) is 13.6. The van der Waals surface area contributed by atoms with Gasteiger partial charge in [-0.25, -0.2) is 0 Å². The number of hydrogen-bond donors (Lipinski definition) is 2. The Labute approximate surface area is 167 Å². The SMILES string of the molecule is NC(=O)c1ccsc1NC(=O)CSc1nnc(C2COc3ccccc3O2)o1. The number of nitrogens with one attached hydrogen (secondary N) is 1. The maximum atomic E-state index is 12.1. The molecule has 1 aliphatic heterocycles. The van der Waals surface area contributed by atoms with Gasteiger partial charge in [-0.1, -0.05) is 23.9 Å². The molecule has 0 saturated heterocycles. The van der Waals surface area contributed by atoms with E-state index in [-0.39, 0.29) is 34.9 Å². The van der Waals surface area contributed by atoms with Crippen molar-refractivity contribution in [2.24, 2.45) is 5.73 Å². The van der Waals surface area contributed by atoms with E-state index in [1.165, 1.54) is 11.3 Å². The van der Waals surface area contributed by atoms with Gasteiger partial charge in [-0.15, -0.1) is 21.5 Å². The van der Waals surface area contributed by atoms with Crippen molar-refractivity contribution in [3.8, 4) is 11.5 Å². The van der Waals surface area contributed by atoms with Crippen LogP contribution in [0.15, 0.2) is 45.4 Å². The summed E-state index contributed by atoms with van der Waals surface area (Å²) in [7, 11) is 0. The zero-order valence-electron chi connectivity index (χ0n) is 14.3. The first-order valence-corrected chi connectivity index (χ1v) is 9.98. The molecular weight excluding hydrogens is 404 g/mol. The van der Waals surface area contributed by atoms with Crippen LogP contribution in [0.4, 0.5) is 5.00 Å². The predicted octanol–water partition coefficient (Wildman–Crippen LogP) is 2.47. The van der Waals surface area contributed by atoms with Gasteiger partial charge in [0.2, 0.25) is 12.0 Å². The molecule has 2 amide bonds. The number of amides is 2. The number of para-hydroxylation sites is 2. The molecule has 3 aromatic rings. The molecule has 2 aromatic heterocycles. The lowest BCUT2D eigenvalue weighted by Crippen LogP contribution is -2.21. The van der Waals surface area contributed by atoms with Gasteiger partial charge in [0.25, 0.3) is 17.0 Å². The highest BCUT2D eigenvalue weighted by molar-refractivity contribution is 7.99. The van der Waals surface area contributed by atoms with Crippen LogP contribution < -0.4 is 20.5 Å². The first-order valence-electron chi connectivity index (χ1n) is 8.12. The Bertz CT molecular complexity index is 1020. The molecule has 0 spiro atoms. The molecule has 1 aliphatic rings. The Morgan fingerprint density at radius 1 is 1.25 bits per heavy atom. The lowest BCUT2D eigenvalue weighted by molar-refractivity contribution is -0.113. The third kappa shape index (κ3) is 3.94. The fraction of sp³-hybridized carbons (Fsp3) is 0.176. The number of hydrogen-bond acceptors (Lipinski definition) is 9. The van der Waals surface area contributed by atoms with Crippen LogP contribution in [0.3, 0.4) is 0 Å². The molecule has 11 heteroatoms. The maximum absolute atomic E-state index is 12.1. The second kappa shape index (κ2) is 7.90. The van der Waals surface area contributed by atoms with Crippen molar-refractivity contribution in [1.82, 2.24) is 10.2 Å². The molecule has 28 heavy (non-hydrogen) atoms. The molecule has 0 fully saturated rings. The van der Waals surface area contributed by atoms with E-state index < -0.39 is 12.0 Å². The number of rotatable bonds is 6. The molecule has 144 valence electrons.